The van der Waals surface area contributed by atoms with Crippen molar-refractivity contribution in [2.45, 2.75) is 45.8 Å². The minimum atomic E-state index is -1.66. The van der Waals surface area contributed by atoms with Crippen molar-refractivity contribution in [3.8, 4) is 0 Å². The zero-order chi connectivity index (χ0) is 23.2. The number of alkyl carbamates (subject to hydrolysis) is 1. The number of amides is 2. The Hall–Kier alpha value is -2.98. The van der Waals surface area contributed by atoms with Crippen LogP contribution in [0.25, 0.3) is 0 Å². The van der Waals surface area contributed by atoms with Crippen molar-refractivity contribution in [3.05, 3.63) is 29.6 Å². The summed E-state index contributed by atoms with van der Waals surface area (Å²) in [5.74, 6) is -4.72. The lowest BCUT2D eigenvalue weighted by Crippen LogP contribution is -2.44. The van der Waals surface area contributed by atoms with Gasteiger partial charge in [0.1, 0.15) is 12.1 Å². The van der Waals surface area contributed by atoms with E-state index in [0.29, 0.717) is 32.0 Å². The number of anilines is 1. The third kappa shape index (κ3) is 7.34. The van der Waals surface area contributed by atoms with E-state index in [9.17, 15) is 22.8 Å². The molecule has 3 N–H and O–H groups in total. The summed E-state index contributed by atoms with van der Waals surface area (Å²) in [5.41, 5.74) is -1.06. The molecule has 2 rings (SSSR count). The highest BCUT2D eigenvalue weighted by atomic mass is 19.2. The Bertz CT molecular complexity index is 842. The summed E-state index contributed by atoms with van der Waals surface area (Å²) in [6.45, 7) is 8.43. The number of aliphatic imine (C=N–C) groups is 1. The van der Waals surface area contributed by atoms with Crippen LogP contribution in [0.4, 0.5) is 23.7 Å². The van der Waals surface area contributed by atoms with E-state index in [4.69, 9.17) is 4.74 Å². The Balaban J connectivity index is 1.95. The molecule has 1 aromatic rings. The summed E-state index contributed by atoms with van der Waals surface area (Å²) >= 11 is 0. The Labute approximate surface area is 179 Å². The molecule has 2 amide bonds. The standard InChI is InChI=1S/C20H28F3N5O3/c1-5-24-18(28-9-8-12(11-28)26-19(30)31-20(2,3)4)25-10-15(29)27-14-7-6-13(21)16(22)17(14)23/h6-7,12H,5,8-11H2,1-4H3,(H,24,25)(H,26,30)(H,27,29). The molecule has 31 heavy (non-hydrogen) atoms. The van der Waals surface area contributed by atoms with E-state index < -0.39 is 40.7 Å². The minimum Gasteiger partial charge on any atom is -0.444 e. The third-order valence-electron chi connectivity index (χ3n) is 4.23. The van der Waals surface area contributed by atoms with Crippen LogP contribution in [0.3, 0.4) is 0 Å². The van der Waals surface area contributed by atoms with E-state index in [2.05, 4.69) is 20.9 Å². The third-order valence-corrected chi connectivity index (χ3v) is 4.23. The molecule has 8 nitrogen and oxygen atoms in total. The van der Waals surface area contributed by atoms with Crippen LogP contribution in [-0.4, -0.2) is 60.7 Å². The van der Waals surface area contributed by atoms with Crippen molar-refractivity contribution in [1.29, 1.82) is 0 Å². The SMILES string of the molecule is CCNC(=NCC(=O)Nc1ccc(F)c(F)c1F)N1CCC(NC(=O)OC(C)(C)C)C1. The summed E-state index contributed by atoms with van der Waals surface area (Å²) in [4.78, 5) is 30.1. The van der Waals surface area contributed by atoms with Gasteiger partial charge in [-0.1, -0.05) is 0 Å². The number of guanidine groups is 1. The second kappa shape index (κ2) is 10.4. The molecule has 1 saturated heterocycles. The average molecular weight is 443 g/mol. The maximum atomic E-state index is 13.7. The van der Waals surface area contributed by atoms with Gasteiger partial charge >= 0.3 is 6.09 Å². The zero-order valence-corrected chi connectivity index (χ0v) is 18.0. The first-order chi connectivity index (χ1) is 14.5. The number of carbonyl (C=O) groups excluding carboxylic acids is 2. The van der Waals surface area contributed by atoms with E-state index >= 15 is 0 Å². The predicted octanol–water partition coefficient (Wildman–Crippen LogP) is 2.61. The number of carbonyl (C=O) groups is 2. The second-order valence-electron chi connectivity index (χ2n) is 8.02. The summed E-state index contributed by atoms with van der Waals surface area (Å²) in [6, 6.07) is 1.51. The van der Waals surface area contributed by atoms with Crippen LogP contribution in [0, 0.1) is 17.5 Å². The molecule has 1 unspecified atom stereocenters. The Morgan fingerprint density at radius 1 is 1.23 bits per heavy atom. The maximum absolute atomic E-state index is 13.7. The number of nitrogens with one attached hydrogen (secondary N) is 3. The number of ether oxygens (including phenoxy) is 1. The number of halogens is 3. The summed E-state index contributed by atoms with van der Waals surface area (Å²) in [7, 11) is 0. The highest BCUT2D eigenvalue weighted by molar-refractivity contribution is 5.94. The van der Waals surface area contributed by atoms with Crippen LogP contribution < -0.4 is 16.0 Å². The summed E-state index contributed by atoms with van der Waals surface area (Å²) < 4.78 is 45.3. The second-order valence-corrected chi connectivity index (χ2v) is 8.02. The first-order valence-corrected chi connectivity index (χ1v) is 9.96. The van der Waals surface area contributed by atoms with Gasteiger partial charge in [-0.3, -0.25) is 4.79 Å². The molecule has 172 valence electrons. The lowest BCUT2D eigenvalue weighted by atomic mass is 10.2. The molecule has 1 aliphatic rings. The number of hydrogen-bond donors (Lipinski definition) is 3. The van der Waals surface area contributed by atoms with Gasteiger partial charge in [-0.05, 0) is 46.2 Å². The van der Waals surface area contributed by atoms with Crippen LogP contribution >= 0.6 is 0 Å². The van der Waals surface area contributed by atoms with E-state index in [-0.39, 0.29) is 12.6 Å². The van der Waals surface area contributed by atoms with Gasteiger partial charge in [-0.2, -0.15) is 0 Å². The molecule has 1 aromatic carbocycles. The average Bonchev–Trinajstić information content (AvgIpc) is 3.12. The molecule has 0 spiro atoms. The normalized spacial score (nSPS) is 16.8. The molecule has 0 bridgehead atoms. The predicted molar refractivity (Wildman–Crippen MR) is 110 cm³/mol. The fourth-order valence-electron chi connectivity index (χ4n) is 2.93. The Morgan fingerprint density at radius 3 is 2.58 bits per heavy atom. The van der Waals surface area contributed by atoms with E-state index in [1.807, 2.05) is 11.8 Å². The molecule has 1 aliphatic heterocycles. The summed E-state index contributed by atoms with van der Waals surface area (Å²) in [6.07, 6.45) is 0.157. The first kappa shape index (κ1) is 24.3. The largest absolute Gasteiger partial charge is 0.444 e. The quantitative estimate of drug-likeness (QED) is 0.370. The molecule has 1 fully saturated rings. The number of rotatable bonds is 5. The van der Waals surface area contributed by atoms with Crippen molar-refractivity contribution < 1.29 is 27.5 Å². The van der Waals surface area contributed by atoms with Gasteiger partial charge < -0.3 is 25.6 Å². The van der Waals surface area contributed by atoms with Gasteiger partial charge in [-0.25, -0.2) is 23.0 Å². The molecular formula is C20H28F3N5O3. The van der Waals surface area contributed by atoms with Gasteiger partial charge in [0, 0.05) is 19.6 Å². The van der Waals surface area contributed by atoms with Crippen molar-refractivity contribution in [1.82, 2.24) is 15.5 Å². The van der Waals surface area contributed by atoms with Crippen molar-refractivity contribution in [3.63, 3.8) is 0 Å². The first-order valence-electron chi connectivity index (χ1n) is 9.96. The summed E-state index contributed by atoms with van der Waals surface area (Å²) in [5, 5.41) is 8.03. The van der Waals surface area contributed by atoms with Crippen molar-refractivity contribution in [2.24, 2.45) is 4.99 Å². The van der Waals surface area contributed by atoms with Crippen LogP contribution in [0.2, 0.25) is 0 Å². The van der Waals surface area contributed by atoms with Crippen molar-refractivity contribution >= 4 is 23.6 Å². The minimum absolute atomic E-state index is 0.149. The van der Waals surface area contributed by atoms with E-state index in [0.717, 1.165) is 12.1 Å². The van der Waals surface area contributed by atoms with E-state index in [1.54, 1.807) is 20.8 Å². The number of benzene rings is 1. The molecule has 0 saturated carbocycles. The molecule has 0 radical (unpaired) electrons. The zero-order valence-electron chi connectivity index (χ0n) is 18.0. The van der Waals surface area contributed by atoms with Gasteiger partial charge in [0.15, 0.2) is 23.4 Å². The molecule has 1 atom stereocenters. The maximum Gasteiger partial charge on any atom is 0.407 e. The highest BCUT2D eigenvalue weighted by Crippen LogP contribution is 2.19. The Kier molecular flexibility index (Phi) is 8.12. The fourth-order valence-corrected chi connectivity index (χ4v) is 2.93. The molecule has 0 aliphatic carbocycles. The van der Waals surface area contributed by atoms with Crippen LogP contribution in [0.5, 0.6) is 0 Å². The Morgan fingerprint density at radius 2 is 1.94 bits per heavy atom. The topological polar surface area (TPSA) is 95.1 Å². The molecule has 1 heterocycles. The van der Waals surface area contributed by atoms with Gasteiger partial charge in [0.2, 0.25) is 5.91 Å². The van der Waals surface area contributed by atoms with Gasteiger partial charge in [0.25, 0.3) is 0 Å². The molecule has 0 aromatic heterocycles. The van der Waals surface area contributed by atoms with Crippen molar-refractivity contribution in [2.75, 3.05) is 31.5 Å². The van der Waals surface area contributed by atoms with Gasteiger partial charge in [0.05, 0.1) is 11.7 Å². The van der Waals surface area contributed by atoms with E-state index in [1.165, 1.54) is 0 Å². The number of hydrogen-bond acceptors (Lipinski definition) is 4. The van der Waals surface area contributed by atoms with Gasteiger partial charge in [-0.15, -0.1) is 0 Å². The number of nitrogens with zero attached hydrogens (tertiary/aromatic N) is 2. The molecule has 11 heteroatoms. The monoisotopic (exact) mass is 443 g/mol. The molecular weight excluding hydrogens is 415 g/mol. The van der Waals surface area contributed by atoms with Crippen LogP contribution in [-0.2, 0) is 9.53 Å². The highest BCUT2D eigenvalue weighted by Gasteiger charge is 2.28. The lowest BCUT2D eigenvalue weighted by molar-refractivity contribution is -0.114. The van der Waals surface area contributed by atoms with Crippen LogP contribution in [0.1, 0.15) is 34.1 Å². The lowest BCUT2D eigenvalue weighted by Gasteiger charge is -2.23. The number of likely N-dealkylation sites (tertiary alicyclic amines) is 1. The fraction of sp³-hybridized carbons (Fsp3) is 0.550. The smallest absolute Gasteiger partial charge is 0.407 e. The van der Waals surface area contributed by atoms with Crippen LogP contribution in [0.15, 0.2) is 17.1 Å².